The largest absolute Gasteiger partial charge is 0.307 e. The molecule has 3 heterocycles. The quantitative estimate of drug-likeness (QED) is 0.227. The van der Waals surface area contributed by atoms with E-state index in [1.54, 1.807) is 0 Å². The molecule has 196 valence electrons. The maximum absolute atomic E-state index is 5.42. The van der Waals surface area contributed by atoms with Gasteiger partial charge in [0.2, 0.25) is 8.07 Å². The van der Waals surface area contributed by atoms with Crippen LogP contribution in [0.25, 0.3) is 33.9 Å². The highest BCUT2D eigenvalue weighted by molar-refractivity contribution is 6.98. The second-order valence-electron chi connectivity index (χ2n) is 11.7. The molecule has 8 bridgehead atoms. The molecule has 6 aromatic rings. The van der Waals surface area contributed by atoms with Crippen molar-refractivity contribution in [2.75, 3.05) is 0 Å². The summed E-state index contributed by atoms with van der Waals surface area (Å²) in [7, 11) is -2.46. The Hall–Kier alpha value is -4.48. The molecular formula is C35H32N4Si. The molecule has 0 amide bonds. The molecule has 0 unspecified atom stereocenters. The summed E-state index contributed by atoms with van der Waals surface area (Å²) in [6.45, 7) is 9.34. The summed E-state index contributed by atoms with van der Waals surface area (Å²) in [5.41, 5.74) is 11.0. The number of hydrogen-bond donors (Lipinski definition) is 0. The zero-order valence-electron chi connectivity index (χ0n) is 23.3. The Balaban J connectivity index is 1.58. The zero-order chi connectivity index (χ0) is 27.5. The first-order valence-corrected chi connectivity index (χ1v) is 16.8. The van der Waals surface area contributed by atoms with Gasteiger partial charge in [-0.25, -0.2) is 9.97 Å². The Morgan fingerprint density at radius 3 is 1.40 bits per heavy atom. The molecule has 5 heteroatoms. The Morgan fingerprint density at radius 2 is 0.975 bits per heavy atom. The van der Waals surface area contributed by atoms with Crippen molar-refractivity contribution >= 4 is 19.0 Å². The van der Waals surface area contributed by atoms with E-state index in [4.69, 9.17) is 9.97 Å². The molecule has 0 atom stereocenters. The molecule has 0 saturated carbocycles. The fourth-order valence-corrected chi connectivity index (χ4v) is 8.48. The summed E-state index contributed by atoms with van der Waals surface area (Å²) in [5.74, 6) is 0. The molecule has 4 aromatic carbocycles. The molecule has 1 aliphatic heterocycles. The van der Waals surface area contributed by atoms with Gasteiger partial charge in [-0.3, -0.25) is 0 Å². The number of rotatable bonds is 2. The van der Waals surface area contributed by atoms with Crippen molar-refractivity contribution in [2.24, 2.45) is 0 Å². The lowest BCUT2D eigenvalue weighted by Gasteiger charge is -2.27. The highest BCUT2D eigenvalue weighted by Gasteiger charge is 2.38. The molecule has 40 heavy (non-hydrogen) atoms. The molecule has 7 rings (SSSR count). The SMILES string of the molecule is CC1(C)c2cccc(c2)-c2cn(-c3ccccc3)c(n2)[Si](C)(C)c2nc(cn2-c2ccccc2)-c2cccc1c2. The van der Waals surface area contributed by atoms with E-state index in [0.717, 1.165) is 44.8 Å². The van der Waals surface area contributed by atoms with E-state index in [1.165, 1.54) is 11.1 Å². The van der Waals surface area contributed by atoms with Gasteiger partial charge in [-0.05, 0) is 47.5 Å². The molecule has 0 radical (unpaired) electrons. The average Bonchev–Trinajstić information content (AvgIpc) is 3.65. The van der Waals surface area contributed by atoms with Crippen molar-refractivity contribution in [2.45, 2.75) is 32.4 Å². The summed E-state index contributed by atoms with van der Waals surface area (Å²) < 4.78 is 4.59. The van der Waals surface area contributed by atoms with Crippen molar-refractivity contribution in [3.8, 4) is 33.9 Å². The van der Waals surface area contributed by atoms with Crippen LogP contribution in [0.2, 0.25) is 13.1 Å². The Bertz CT molecular complexity index is 1710. The lowest BCUT2D eigenvalue weighted by Crippen LogP contribution is -2.60. The summed E-state index contributed by atoms with van der Waals surface area (Å²) in [6, 6.07) is 38.9. The van der Waals surface area contributed by atoms with Gasteiger partial charge in [-0.1, -0.05) is 99.7 Å². The summed E-state index contributed by atoms with van der Waals surface area (Å²) in [4.78, 5) is 10.8. The Kier molecular flexibility index (Phi) is 5.54. The summed E-state index contributed by atoms with van der Waals surface area (Å²) >= 11 is 0. The second kappa shape index (κ2) is 9.03. The first kappa shape index (κ1) is 24.5. The minimum absolute atomic E-state index is 0.195. The third kappa shape index (κ3) is 3.88. The van der Waals surface area contributed by atoms with Gasteiger partial charge in [0.05, 0.1) is 11.4 Å². The second-order valence-corrected chi connectivity index (χ2v) is 15.9. The van der Waals surface area contributed by atoms with Crippen LogP contribution in [-0.4, -0.2) is 27.2 Å². The monoisotopic (exact) mass is 536 g/mol. The smallest absolute Gasteiger partial charge is 0.201 e. The van der Waals surface area contributed by atoms with Gasteiger partial charge in [-0.15, -0.1) is 0 Å². The van der Waals surface area contributed by atoms with E-state index in [-0.39, 0.29) is 5.41 Å². The summed E-state index contributed by atoms with van der Waals surface area (Å²) in [6.07, 6.45) is 4.42. The molecular weight excluding hydrogens is 504 g/mol. The van der Waals surface area contributed by atoms with Gasteiger partial charge in [0.15, 0.2) is 0 Å². The topological polar surface area (TPSA) is 35.6 Å². The molecule has 0 aliphatic carbocycles. The minimum Gasteiger partial charge on any atom is -0.307 e. The van der Waals surface area contributed by atoms with Crippen LogP contribution in [0.4, 0.5) is 0 Å². The van der Waals surface area contributed by atoms with Crippen LogP contribution < -0.4 is 10.9 Å². The third-order valence-electron chi connectivity index (χ3n) is 8.36. The van der Waals surface area contributed by atoms with E-state index in [1.807, 2.05) is 0 Å². The van der Waals surface area contributed by atoms with Gasteiger partial charge >= 0.3 is 0 Å². The maximum atomic E-state index is 5.42. The molecule has 0 fully saturated rings. The number of para-hydroxylation sites is 2. The predicted molar refractivity (Wildman–Crippen MR) is 167 cm³/mol. The highest BCUT2D eigenvalue weighted by Crippen LogP contribution is 2.36. The van der Waals surface area contributed by atoms with E-state index in [2.05, 4.69) is 158 Å². The standard InChI is InChI=1S/C35H32N4Si/c1-35(2)27-15-11-13-25(21-27)31-23-38(29-17-7-5-8-18-29)33(36-31)40(3,4)34-37-32(26-14-12-16-28(35)22-26)24-39(34)30-19-9-6-10-20-30/h5-24H,1-4H3. The number of imidazole rings is 2. The molecule has 4 nitrogen and oxygen atoms in total. The van der Waals surface area contributed by atoms with Crippen LogP contribution in [-0.2, 0) is 5.41 Å². The van der Waals surface area contributed by atoms with Crippen molar-refractivity contribution in [1.82, 2.24) is 19.1 Å². The Morgan fingerprint density at radius 1 is 0.550 bits per heavy atom. The maximum Gasteiger partial charge on any atom is 0.201 e. The minimum atomic E-state index is -2.46. The lowest BCUT2D eigenvalue weighted by molar-refractivity contribution is 0.641. The van der Waals surface area contributed by atoms with Gasteiger partial charge in [0, 0.05) is 40.3 Å². The first-order valence-electron chi connectivity index (χ1n) is 13.8. The van der Waals surface area contributed by atoms with Crippen LogP contribution in [0, 0.1) is 0 Å². The van der Waals surface area contributed by atoms with E-state index in [9.17, 15) is 0 Å². The molecule has 0 spiro atoms. The number of benzene rings is 4. The Labute approximate surface area is 236 Å². The zero-order valence-corrected chi connectivity index (χ0v) is 24.3. The first-order chi connectivity index (χ1) is 19.3. The number of fused-ring (bicyclic) bond motifs is 10. The highest BCUT2D eigenvalue weighted by atomic mass is 28.3. The fraction of sp³-hybridized carbons (Fsp3) is 0.143. The van der Waals surface area contributed by atoms with Crippen LogP contribution in [0.15, 0.2) is 122 Å². The van der Waals surface area contributed by atoms with E-state index >= 15 is 0 Å². The normalized spacial score (nSPS) is 14.9. The van der Waals surface area contributed by atoms with Gasteiger partial charge in [-0.2, -0.15) is 0 Å². The lowest BCUT2D eigenvalue weighted by atomic mass is 9.77. The molecule has 1 aliphatic rings. The van der Waals surface area contributed by atoms with Gasteiger partial charge in [0.25, 0.3) is 0 Å². The molecule has 0 N–H and O–H groups in total. The molecule has 0 saturated heterocycles. The van der Waals surface area contributed by atoms with Crippen molar-refractivity contribution in [3.05, 3.63) is 133 Å². The van der Waals surface area contributed by atoms with Crippen molar-refractivity contribution < 1.29 is 0 Å². The number of aromatic nitrogens is 4. The van der Waals surface area contributed by atoms with Crippen molar-refractivity contribution in [1.29, 1.82) is 0 Å². The average molecular weight is 537 g/mol. The van der Waals surface area contributed by atoms with E-state index in [0.29, 0.717) is 0 Å². The van der Waals surface area contributed by atoms with Crippen LogP contribution in [0.5, 0.6) is 0 Å². The fourth-order valence-electron chi connectivity index (χ4n) is 5.89. The number of hydrogen-bond acceptors (Lipinski definition) is 2. The van der Waals surface area contributed by atoms with Gasteiger partial charge in [0.1, 0.15) is 10.9 Å². The van der Waals surface area contributed by atoms with Crippen LogP contribution in [0.1, 0.15) is 25.0 Å². The van der Waals surface area contributed by atoms with Crippen LogP contribution in [0.3, 0.4) is 0 Å². The summed E-state index contributed by atoms with van der Waals surface area (Å²) in [5, 5.41) is 0. The van der Waals surface area contributed by atoms with Crippen LogP contribution >= 0.6 is 0 Å². The van der Waals surface area contributed by atoms with E-state index < -0.39 is 8.07 Å². The van der Waals surface area contributed by atoms with Crippen molar-refractivity contribution in [3.63, 3.8) is 0 Å². The predicted octanol–water partition coefficient (Wildman–Crippen LogP) is 6.85. The number of nitrogens with zero attached hydrogens (tertiary/aromatic N) is 4. The van der Waals surface area contributed by atoms with Gasteiger partial charge < -0.3 is 9.13 Å². The molecule has 2 aromatic heterocycles. The third-order valence-corrected chi connectivity index (χ3v) is 11.3.